The first-order valence-electron chi connectivity index (χ1n) is 12.7. The third-order valence-electron chi connectivity index (χ3n) is 8.70. The zero-order valence-corrected chi connectivity index (χ0v) is 19.8. The first kappa shape index (κ1) is 23.1. The number of rotatable bonds is 7. The molecule has 4 unspecified atom stereocenters. The molecule has 4 bridgehead atoms. The lowest BCUT2D eigenvalue weighted by molar-refractivity contribution is -0.217. The molecule has 0 aromatic rings. The van der Waals surface area contributed by atoms with E-state index in [1.807, 2.05) is 13.8 Å². The Balaban J connectivity index is 1.47. The predicted octanol–water partition coefficient (Wildman–Crippen LogP) is 5.47. The van der Waals surface area contributed by atoms with Crippen molar-refractivity contribution in [1.82, 2.24) is 0 Å². The van der Waals surface area contributed by atoms with Crippen molar-refractivity contribution in [3.8, 4) is 0 Å². The van der Waals surface area contributed by atoms with Crippen molar-refractivity contribution in [1.29, 1.82) is 0 Å². The highest BCUT2D eigenvalue weighted by Gasteiger charge is 2.57. The standard InChI is InChI=1S/C26H42O5/c1-4-5-6-21(27)30-24(3)14-20-13-23(2,29)17-26(15-20,18-24)31-22(28)16-25-10-7-19(8-11-25)9-12-25/h19-20,29H,4-18H2,1-3H3. The van der Waals surface area contributed by atoms with Gasteiger partial charge >= 0.3 is 11.9 Å². The van der Waals surface area contributed by atoms with Gasteiger partial charge in [-0.2, -0.15) is 0 Å². The first-order valence-corrected chi connectivity index (χ1v) is 12.7. The van der Waals surface area contributed by atoms with Gasteiger partial charge in [0.05, 0.1) is 12.0 Å². The predicted molar refractivity (Wildman–Crippen MR) is 118 cm³/mol. The van der Waals surface area contributed by atoms with Gasteiger partial charge < -0.3 is 14.6 Å². The lowest BCUT2D eigenvalue weighted by Gasteiger charge is -2.55. The summed E-state index contributed by atoms with van der Waals surface area (Å²) in [5.41, 5.74) is -2.09. The Morgan fingerprint density at radius 2 is 1.58 bits per heavy atom. The largest absolute Gasteiger partial charge is 0.459 e. The minimum Gasteiger partial charge on any atom is -0.459 e. The number of hydrogen-bond donors (Lipinski definition) is 1. The molecule has 0 aromatic heterocycles. The van der Waals surface area contributed by atoms with E-state index in [4.69, 9.17) is 9.47 Å². The second-order valence-corrected chi connectivity index (χ2v) is 12.2. The van der Waals surface area contributed by atoms with Gasteiger partial charge in [0.15, 0.2) is 0 Å². The van der Waals surface area contributed by atoms with Crippen molar-refractivity contribution < 1.29 is 24.2 Å². The third kappa shape index (κ3) is 5.29. The van der Waals surface area contributed by atoms with Crippen molar-refractivity contribution in [3.63, 3.8) is 0 Å². The smallest absolute Gasteiger partial charge is 0.306 e. The Morgan fingerprint density at radius 1 is 0.903 bits per heavy atom. The number of ether oxygens (including phenoxy) is 2. The maximum absolute atomic E-state index is 13.2. The maximum atomic E-state index is 13.2. The molecule has 0 saturated heterocycles. The molecule has 5 aliphatic rings. The van der Waals surface area contributed by atoms with Crippen LogP contribution in [0.4, 0.5) is 0 Å². The normalized spacial score (nSPS) is 44.0. The van der Waals surface area contributed by atoms with Crippen LogP contribution >= 0.6 is 0 Å². The highest BCUT2D eigenvalue weighted by atomic mass is 16.6. The van der Waals surface area contributed by atoms with Crippen LogP contribution < -0.4 is 0 Å². The summed E-state index contributed by atoms with van der Waals surface area (Å²) in [5.74, 6) is 0.790. The van der Waals surface area contributed by atoms with Gasteiger partial charge in [-0.05, 0) is 95.3 Å². The van der Waals surface area contributed by atoms with Crippen LogP contribution in [0, 0.1) is 17.3 Å². The highest BCUT2D eigenvalue weighted by molar-refractivity contribution is 5.71. The maximum Gasteiger partial charge on any atom is 0.306 e. The van der Waals surface area contributed by atoms with Gasteiger partial charge in [0.1, 0.15) is 11.2 Å². The molecule has 0 aliphatic heterocycles. The molecule has 5 aliphatic carbocycles. The minimum atomic E-state index is -0.849. The fraction of sp³-hybridized carbons (Fsp3) is 0.923. The van der Waals surface area contributed by atoms with Crippen LogP contribution in [0.1, 0.15) is 117 Å². The fourth-order valence-corrected chi connectivity index (χ4v) is 7.73. The lowest BCUT2D eigenvalue weighted by atomic mass is 9.59. The molecule has 31 heavy (non-hydrogen) atoms. The molecule has 1 N–H and O–H groups in total. The number of hydrogen-bond acceptors (Lipinski definition) is 5. The fourth-order valence-electron chi connectivity index (χ4n) is 7.73. The number of carbonyl (C=O) groups excluding carboxylic acids is 2. The Labute approximate surface area is 187 Å². The van der Waals surface area contributed by atoms with Gasteiger partial charge in [0.2, 0.25) is 0 Å². The van der Waals surface area contributed by atoms with E-state index in [-0.39, 0.29) is 23.3 Å². The molecule has 5 nitrogen and oxygen atoms in total. The monoisotopic (exact) mass is 434 g/mol. The Hall–Kier alpha value is -1.10. The third-order valence-corrected chi connectivity index (χ3v) is 8.70. The van der Waals surface area contributed by atoms with E-state index >= 15 is 0 Å². The van der Waals surface area contributed by atoms with Gasteiger partial charge in [0.25, 0.3) is 0 Å². The van der Waals surface area contributed by atoms with Gasteiger partial charge in [-0.1, -0.05) is 13.3 Å². The number of aliphatic hydroxyl groups is 1. The van der Waals surface area contributed by atoms with Crippen LogP contribution in [-0.2, 0) is 19.1 Å². The van der Waals surface area contributed by atoms with Crippen LogP contribution in [0.3, 0.4) is 0 Å². The van der Waals surface area contributed by atoms with E-state index in [1.54, 1.807) is 0 Å². The Kier molecular flexibility index (Phi) is 6.22. The lowest BCUT2D eigenvalue weighted by Crippen LogP contribution is -2.59. The van der Waals surface area contributed by atoms with E-state index in [9.17, 15) is 14.7 Å². The molecule has 0 spiro atoms. The van der Waals surface area contributed by atoms with Gasteiger partial charge in [0, 0.05) is 19.3 Å². The SMILES string of the molecule is CCCCC(=O)OC1(C)CC2CC(C)(O)CC(OC(=O)CC34CCC(CC3)CC4)(C2)C1. The van der Waals surface area contributed by atoms with E-state index in [0.717, 1.165) is 50.9 Å². The summed E-state index contributed by atoms with van der Waals surface area (Å²) >= 11 is 0. The van der Waals surface area contributed by atoms with Crippen LogP contribution in [0.25, 0.3) is 0 Å². The summed E-state index contributed by atoms with van der Waals surface area (Å²) in [6.07, 6.45) is 13.0. The number of carbonyl (C=O) groups is 2. The number of fused-ring (bicyclic) bond motifs is 5. The van der Waals surface area contributed by atoms with E-state index in [1.165, 1.54) is 19.3 Å². The highest BCUT2D eigenvalue weighted by Crippen LogP contribution is 2.55. The van der Waals surface area contributed by atoms with Crippen molar-refractivity contribution in [3.05, 3.63) is 0 Å². The van der Waals surface area contributed by atoms with Gasteiger partial charge in [-0.25, -0.2) is 0 Å². The van der Waals surface area contributed by atoms with Crippen molar-refractivity contribution in [2.75, 3.05) is 0 Å². The van der Waals surface area contributed by atoms with Crippen molar-refractivity contribution in [2.45, 2.75) is 134 Å². The quantitative estimate of drug-likeness (QED) is 0.538. The molecule has 0 heterocycles. The molecular weight excluding hydrogens is 392 g/mol. The summed E-state index contributed by atoms with van der Waals surface area (Å²) in [7, 11) is 0. The molecule has 0 aromatic carbocycles. The topological polar surface area (TPSA) is 72.8 Å². The van der Waals surface area contributed by atoms with Crippen LogP contribution in [-0.4, -0.2) is 33.8 Å². The summed E-state index contributed by atoms with van der Waals surface area (Å²) in [4.78, 5) is 25.6. The average molecular weight is 435 g/mol. The first-order chi connectivity index (χ1) is 14.5. The van der Waals surface area contributed by atoms with Crippen molar-refractivity contribution in [2.24, 2.45) is 17.3 Å². The summed E-state index contributed by atoms with van der Waals surface area (Å²) in [6, 6.07) is 0. The zero-order chi connectivity index (χ0) is 22.3. The van der Waals surface area contributed by atoms with Gasteiger partial charge in [-0.3, -0.25) is 9.59 Å². The second kappa shape index (κ2) is 8.35. The van der Waals surface area contributed by atoms with Gasteiger partial charge in [-0.15, -0.1) is 0 Å². The molecule has 176 valence electrons. The van der Waals surface area contributed by atoms with Crippen LogP contribution in [0.15, 0.2) is 0 Å². The molecule has 5 heteroatoms. The minimum absolute atomic E-state index is 0.113. The molecule has 4 atom stereocenters. The molecule has 0 amide bonds. The molecule has 5 fully saturated rings. The van der Waals surface area contributed by atoms with E-state index in [2.05, 4.69) is 6.92 Å². The van der Waals surface area contributed by atoms with Crippen LogP contribution in [0.5, 0.6) is 0 Å². The number of esters is 2. The van der Waals surface area contributed by atoms with Crippen LogP contribution in [0.2, 0.25) is 0 Å². The molecule has 5 rings (SSSR count). The van der Waals surface area contributed by atoms with E-state index < -0.39 is 16.8 Å². The molecular formula is C26H42O5. The summed E-state index contributed by atoms with van der Waals surface area (Å²) in [6.45, 7) is 5.92. The molecule has 0 radical (unpaired) electrons. The van der Waals surface area contributed by atoms with E-state index in [0.29, 0.717) is 32.1 Å². The zero-order valence-electron chi connectivity index (χ0n) is 19.8. The average Bonchev–Trinajstić information content (AvgIpc) is 2.64. The second-order valence-electron chi connectivity index (χ2n) is 12.2. The Bertz CT molecular complexity index is 678. The Morgan fingerprint density at radius 3 is 2.23 bits per heavy atom. The summed E-state index contributed by atoms with van der Waals surface area (Å²) < 4.78 is 12.3. The summed E-state index contributed by atoms with van der Waals surface area (Å²) in [5, 5.41) is 11.0. The molecule has 5 saturated carbocycles. The number of unbranched alkanes of at least 4 members (excludes halogenated alkanes) is 1. The van der Waals surface area contributed by atoms with Crippen molar-refractivity contribution >= 4 is 11.9 Å².